The third-order valence-corrected chi connectivity index (χ3v) is 1.66. The normalized spacial score (nSPS) is 8.93. The highest BCUT2D eigenvalue weighted by Crippen LogP contribution is 2.13. The molecule has 0 heterocycles. The third kappa shape index (κ3) is 2.14. The summed E-state index contributed by atoms with van der Waals surface area (Å²) < 4.78 is 0. The highest BCUT2D eigenvalue weighted by molar-refractivity contribution is 6.34. The summed E-state index contributed by atoms with van der Waals surface area (Å²) in [6.45, 7) is 1.87. The van der Waals surface area contributed by atoms with Gasteiger partial charge < -0.3 is 0 Å². The van der Waals surface area contributed by atoms with Crippen molar-refractivity contribution < 1.29 is 4.92 Å². The van der Waals surface area contributed by atoms with Crippen molar-refractivity contribution in [3.05, 3.63) is 33.9 Å². The van der Waals surface area contributed by atoms with E-state index in [1.807, 2.05) is 6.92 Å². The van der Waals surface area contributed by atoms with Gasteiger partial charge in [0, 0.05) is 12.5 Å². The largest absolute Gasteiger partial charge is 0.284 e. The summed E-state index contributed by atoms with van der Waals surface area (Å²) in [6, 6.07) is 4.55. The fourth-order valence-electron chi connectivity index (χ4n) is 1.02. The van der Waals surface area contributed by atoms with E-state index < -0.39 is 4.92 Å². The smallest absolute Gasteiger partial charge is 0.258 e. The second-order valence-electron chi connectivity index (χ2n) is 2.65. The molecule has 0 aliphatic heterocycles. The van der Waals surface area contributed by atoms with E-state index in [1.54, 1.807) is 12.1 Å². The van der Waals surface area contributed by atoms with Crippen molar-refractivity contribution >= 4 is 19.0 Å². The maximum atomic E-state index is 10.6. The summed E-state index contributed by atoms with van der Waals surface area (Å²) in [5.74, 6) is 5.46. The second kappa shape index (κ2) is 4.47. The Bertz CT molecular complexity index is 418. The Balaban J connectivity index is 3.29. The van der Waals surface area contributed by atoms with E-state index in [4.69, 9.17) is 7.85 Å². The molecule has 0 aromatic heterocycles. The zero-order valence-corrected chi connectivity index (χ0v) is 7.78. The predicted molar refractivity (Wildman–Crippen MR) is 55.7 cm³/mol. The summed E-state index contributed by atoms with van der Waals surface area (Å²) in [6.07, 6.45) is 0.644. The van der Waals surface area contributed by atoms with Gasteiger partial charge in [0.25, 0.3) is 5.69 Å². The molecule has 0 saturated carbocycles. The fraction of sp³-hybridized carbons (Fsp3) is 0.200. The van der Waals surface area contributed by atoms with Crippen molar-refractivity contribution in [2.75, 3.05) is 0 Å². The average molecular weight is 185 g/mol. The van der Waals surface area contributed by atoms with Gasteiger partial charge in [-0.15, -0.1) is 0 Å². The Morgan fingerprint density at radius 1 is 1.57 bits per heavy atom. The van der Waals surface area contributed by atoms with Gasteiger partial charge in [-0.05, 0) is 0 Å². The highest BCUT2D eigenvalue weighted by Gasteiger charge is 2.12. The molecule has 0 aliphatic carbocycles. The molecule has 2 radical (unpaired) electrons. The number of hydrogen-bond acceptors (Lipinski definition) is 2. The van der Waals surface area contributed by atoms with Crippen LogP contribution in [0.25, 0.3) is 0 Å². The third-order valence-electron chi connectivity index (χ3n) is 1.66. The van der Waals surface area contributed by atoms with Crippen LogP contribution in [0.5, 0.6) is 0 Å². The molecule has 0 N–H and O–H groups in total. The zero-order valence-electron chi connectivity index (χ0n) is 7.78. The molecule has 0 saturated heterocycles. The van der Waals surface area contributed by atoms with E-state index in [0.29, 0.717) is 17.4 Å². The molecule has 0 unspecified atom stereocenters. The molecule has 14 heavy (non-hydrogen) atoms. The lowest BCUT2D eigenvalue weighted by Gasteiger charge is -1.98. The van der Waals surface area contributed by atoms with E-state index in [2.05, 4.69) is 11.8 Å². The minimum absolute atomic E-state index is 0.0362. The Morgan fingerprint density at radius 2 is 2.29 bits per heavy atom. The van der Waals surface area contributed by atoms with Gasteiger partial charge in [-0.1, -0.05) is 36.4 Å². The molecule has 0 spiro atoms. The fourth-order valence-corrected chi connectivity index (χ4v) is 1.02. The number of rotatable bonds is 1. The van der Waals surface area contributed by atoms with E-state index in [9.17, 15) is 10.1 Å². The number of nitro benzene ring substituents is 1. The molecule has 0 amide bonds. The molecule has 68 valence electrons. The van der Waals surface area contributed by atoms with Gasteiger partial charge in [-0.2, -0.15) is 0 Å². The topological polar surface area (TPSA) is 43.1 Å². The summed E-state index contributed by atoms with van der Waals surface area (Å²) in [5, 5.41) is 10.6. The summed E-state index contributed by atoms with van der Waals surface area (Å²) >= 11 is 0. The van der Waals surface area contributed by atoms with Gasteiger partial charge in [0.1, 0.15) is 7.85 Å². The monoisotopic (exact) mass is 185 g/mol. The van der Waals surface area contributed by atoms with E-state index in [-0.39, 0.29) is 5.69 Å². The number of hydrogen-bond donors (Lipinski definition) is 0. The molecule has 1 rings (SSSR count). The van der Waals surface area contributed by atoms with Crippen LogP contribution in [0.15, 0.2) is 18.2 Å². The zero-order chi connectivity index (χ0) is 10.6. The van der Waals surface area contributed by atoms with E-state index >= 15 is 0 Å². The molecular formula is C10H8BNO2. The molecular weight excluding hydrogens is 177 g/mol. The lowest BCUT2D eigenvalue weighted by molar-refractivity contribution is -0.385. The SMILES string of the molecule is [B]c1cccc([N+](=O)[O-])c1C#CCC. The van der Waals surface area contributed by atoms with Crippen molar-refractivity contribution in [1.82, 2.24) is 0 Å². The Morgan fingerprint density at radius 3 is 2.86 bits per heavy atom. The number of benzene rings is 1. The van der Waals surface area contributed by atoms with Gasteiger partial charge >= 0.3 is 0 Å². The van der Waals surface area contributed by atoms with Crippen molar-refractivity contribution in [2.45, 2.75) is 13.3 Å². The number of nitro groups is 1. The van der Waals surface area contributed by atoms with Crippen molar-refractivity contribution in [1.29, 1.82) is 0 Å². The molecule has 0 bridgehead atoms. The van der Waals surface area contributed by atoms with E-state index in [0.717, 1.165) is 0 Å². The predicted octanol–water partition coefficient (Wildman–Crippen LogP) is 1.15. The Hall–Kier alpha value is -1.76. The van der Waals surface area contributed by atoms with Crippen LogP contribution in [0, 0.1) is 22.0 Å². The van der Waals surface area contributed by atoms with Crippen LogP contribution in [0.2, 0.25) is 0 Å². The quantitative estimate of drug-likeness (QED) is 0.285. The van der Waals surface area contributed by atoms with Crippen LogP contribution in [0.1, 0.15) is 18.9 Å². The van der Waals surface area contributed by atoms with Gasteiger partial charge in [0.05, 0.1) is 10.5 Å². The van der Waals surface area contributed by atoms with Crippen molar-refractivity contribution in [3.63, 3.8) is 0 Å². The lowest BCUT2D eigenvalue weighted by Crippen LogP contribution is -2.09. The van der Waals surface area contributed by atoms with Gasteiger partial charge in [-0.3, -0.25) is 10.1 Å². The minimum atomic E-state index is -0.476. The maximum Gasteiger partial charge on any atom is 0.284 e. The van der Waals surface area contributed by atoms with Crippen LogP contribution in [0.4, 0.5) is 5.69 Å². The first-order valence-electron chi connectivity index (χ1n) is 4.18. The summed E-state index contributed by atoms with van der Waals surface area (Å²) in [5.41, 5.74) is 0.616. The maximum absolute atomic E-state index is 10.6. The minimum Gasteiger partial charge on any atom is -0.258 e. The molecule has 0 atom stereocenters. The molecule has 1 aromatic rings. The molecule has 4 heteroatoms. The first kappa shape index (κ1) is 10.3. The molecule has 0 fully saturated rings. The standard InChI is InChI=1S/C10H8BNO2/c1-2-3-5-8-9(11)6-4-7-10(8)12(13)14/h4,6-7H,2H2,1H3. The summed E-state index contributed by atoms with van der Waals surface area (Å²) in [7, 11) is 5.59. The molecule has 1 aromatic carbocycles. The van der Waals surface area contributed by atoms with Crippen LogP contribution in [-0.4, -0.2) is 12.8 Å². The molecule has 3 nitrogen and oxygen atoms in total. The van der Waals surface area contributed by atoms with Crippen LogP contribution < -0.4 is 5.46 Å². The summed E-state index contributed by atoms with van der Waals surface area (Å²) in [4.78, 5) is 10.1. The number of nitrogens with zero attached hydrogens (tertiary/aromatic N) is 1. The van der Waals surface area contributed by atoms with Gasteiger partial charge in [-0.25, -0.2) is 0 Å². The van der Waals surface area contributed by atoms with Gasteiger partial charge in [0.2, 0.25) is 0 Å². The van der Waals surface area contributed by atoms with Crippen molar-refractivity contribution in [3.8, 4) is 11.8 Å². The van der Waals surface area contributed by atoms with Crippen LogP contribution >= 0.6 is 0 Å². The van der Waals surface area contributed by atoms with Crippen LogP contribution in [-0.2, 0) is 0 Å². The molecule has 0 aliphatic rings. The second-order valence-corrected chi connectivity index (χ2v) is 2.65. The Labute approximate surface area is 83.7 Å². The highest BCUT2D eigenvalue weighted by atomic mass is 16.6. The van der Waals surface area contributed by atoms with Gasteiger partial charge in [0.15, 0.2) is 0 Å². The average Bonchev–Trinajstić information content (AvgIpc) is 2.15. The Kier molecular flexibility index (Phi) is 3.30. The van der Waals surface area contributed by atoms with Crippen molar-refractivity contribution in [2.24, 2.45) is 0 Å². The van der Waals surface area contributed by atoms with E-state index in [1.165, 1.54) is 6.07 Å². The lowest BCUT2D eigenvalue weighted by atomic mass is 9.90. The first-order chi connectivity index (χ1) is 6.66. The van der Waals surface area contributed by atoms with Crippen LogP contribution in [0.3, 0.4) is 0 Å². The first-order valence-corrected chi connectivity index (χ1v) is 4.18.